The number of hydrogen-bond acceptors (Lipinski definition) is 8. The van der Waals surface area contributed by atoms with E-state index >= 15 is 0 Å². The Labute approximate surface area is 289 Å². The Morgan fingerprint density at radius 1 is 0.936 bits per heavy atom. The number of ether oxygens (including phenoxy) is 1. The molecule has 0 unspecified atom stereocenters. The van der Waals surface area contributed by atoms with Crippen molar-refractivity contribution >= 4 is 92.5 Å². The number of nitrogens with one attached hydrogen (secondary N) is 3. The minimum atomic E-state index is -1.72. The molecule has 2 amide bonds. The van der Waals surface area contributed by atoms with E-state index < -0.39 is 28.2 Å². The van der Waals surface area contributed by atoms with Crippen molar-refractivity contribution < 1.29 is 18.7 Å². The fourth-order valence-electron chi connectivity index (χ4n) is 4.27. The molecule has 0 aliphatic heterocycles. The van der Waals surface area contributed by atoms with Crippen LogP contribution < -0.4 is 16.0 Å². The van der Waals surface area contributed by atoms with Crippen LogP contribution in [0.2, 0.25) is 0 Å². The van der Waals surface area contributed by atoms with Gasteiger partial charge in [-0.3, -0.25) is 10.1 Å². The molecule has 0 aliphatic rings. The van der Waals surface area contributed by atoms with Gasteiger partial charge in [-0.2, -0.15) is 0 Å². The topological polar surface area (TPSA) is 118 Å². The Morgan fingerprint density at radius 2 is 1.68 bits per heavy atom. The maximum Gasteiger partial charge on any atom is 0.411 e. The molecule has 242 valence electrons. The molecule has 47 heavy (non-hydrogen) atoms. The molecule has 9 nitrogen and oxygen atoms in total. The quantitative estimate of drug-likeness (QED) is 0.129. The van der Waals surface area contributed by atoms with Gasteiger partial charge in [-0.05, 0) is 85.1 Å². The van der Waals surface area contributed by atoms with Crippen molar-refractivity contribution in [1.29, 1.82) is 0 Å². The fraction of sp³-hybridized carbons (Fsp3) is 0.182. The molecule has 0 radical (unpaired) electrons. The van der Waals surface area contributed by atoms with Gasteiger partial charge in [-0.1, -0.05) is 66.5 Å². The Kier molecular flexibility index (Phi) is 10.7. The van der Waals surface area contributed by atoms with Crippen LogP contribution in [0.5, 0.6) is 0 Å². The van der Waals surface area contributed by atoms with E-state index in [0.717, 1.165) is 15.5 Å². The highest BCUT2D eigenvalue weighted by atomic mass is 35.6. The van der Waals surface area contributed by atoms with Crippen LogP contribution >= 0.6 is 46.6 Å². The fourth-order valence-corrected chi connectivity index (χ4v) is 5.32. The minimum absolute atomic E-state index is 0.222. The predicted octanol–water partition coefficient (Wildman–Crippen LogP) is 9.66. The number of hydrogen-bond donors (Lipinski definition) is 3. The molecule has 2 heterocycles. The summed E-state index contributed by atoms with van der Waals surface area (Å²) in [4.78, 5) is 40.4. The first kappa shape index (κ1) is 34.2. The number of amides is 2. The van der Waals surface area contributed by atoms with E-state index in [2.05, 4.69) is 44.7 Å². The zero-order valence-electron chi connectivity index (χ0n) is 25.3. The van der Waals surface area contributed by atoms with Gasteiger partial charge in [0.25, 0.3) is 5.91 Å². The number of alkyl halides is 3. The van der Waals surface area contributed by atoms with Crippen molar-refractivity contribution in [2.45, 2.75) is 40.3 Å². The second-order valence-electron chi connectivity index (χ2n) is 10.7. The summed E-state index contributed by atoms with van der Waals surface area (Å²) in [6.07, 6.45) is 0.666. The summed E-state index contributed by atoms with van der Waals surface area (Å²) in [5.41, 5.74) is 3.65. The Bertz CT molecular complexity index is 1940. The van der Waals surface area contributed by atoms with Gasteiger partial charge in [0.1, 0.15) is 24.6 Å². The first-order chi connectivity index (χ1) is 22.3. The lowest BCUT2D eigenvalue weighted by atomic mass is 10.1. The zero-order valence-corrected chi connectivity index (χ0v) is 28.4. The normalized spacial score (nSPS) is 11.4. The Morgan fingerprint density at radius 3 is 2.38 bits per heavy atom. The van der Waals surface area contributed by atoms with Gasteiger partial charge in [0.15, 0.2) is 5.65 Å². The lowest BCUT2D eigenvalue weighted by Gasteiger charge is -2.15. The molecular weight excluding hydrogens is 686 g/mol. The third-order valence-electron chi connectivity index (χ3n) is 6.73. The molecule has 3 aromatic carbocycles. The number of fused-ring (bicyclic) bond motifs is 1. The maximum atomic E-state index is 14.1. The van der Waals surface area contributed by atoms with Crippen molar-refractivity contribution in [3.63, 3.8) is 0 Å². The summed E-state index contributed by atoms with van der Waals surface area (Å²) in [5.74, 6) is -0.103. The monoisotopic (exact) mass is 712 g/mol. The summed E-state index contributed by atoms with van der Waals surface area (Å²) >= 11 is 18.3. The van der Waals surface area contributed by atoms with Gasteiger partial charge in [-0.15, -0.1) is 0 Å². The summed E-state index contributed by atoms with van der Waals surface area (Å²) in [6.45, 7) is 5.36. The number of anilines is 4. The molecule has 3 N–H and O–H groups in total. The molecule has 0 spiro atoms. The van der Waals surface area contributed by atoms with Crippen LogP contribution in [0.25, 0.3) is 11.0 Å². The van der Waals surface area contributed by atoms with Crippen LogP contribution in [0.15, 0.2) is 88.9 Å². The van der Waals surface area contributed by atoms with Crippen molar-refractivity contribution in [2.24, 2.45) is 0 Å². The number of benzene rings is 3. The lowest BCUT2D eigenvalue weighted by molar-refractivity contribution is 0.102. The van der Waals surface area contributed by atoms with Gasteiger partial charge in [0.2, 0.25) is 3.79 Å². The van der Waals surface area contributed by atoms with E-state index in [4.69, 9.17) is 39.5 Å². The Balaban J connectivity index is 1.42. The number of aryl methyl sites for hydroxylation is 1. The molecule has 0 aliphatic carbocycles. The summed E-state index contributed by atoms with van der Waals surface area (Å²) in [5, 5.41) is 9.40. The van der Waals surface area contributed by atoms with Crippen LogP contribution in [0, 0.1) is 12.7 Å². The van der Waals surface area contributed by atoms with Crippen LogP contribution in [-0.2, 0) is 4.74 Å². The molecular formula is C33H28Cl3FN6O3S. The molecule has 5 aromatic rings. The highest BCUT2D eigenvalue weighted by molar-refractivity contribution is 7.99. The van der Waals surface area contributed by atoms with Crippen molar-refractivity contribution in [2.75, 3.05) is 22.6 Å². The minimum Gasteiger partial charge on any atom is -0.445 e. The molecule has 5 rings (SSSR count). The predicted molar refractivity (Wildman–Crippen MR) is 186 cm³/mol. The molecule has 14 heteroatoms. The van der Waals surface area contributed by atoms with E-state index in [-0.39, 0.29) is 5.92 Å². The molecule has 2 aromatic heterocycles. The lowest BCUT2D eigenvalue weighted by Crippen LogP contribution is -2.21. The SMILES string of the molecule is Cc1ccc(NC(=O)c2ccc(Sc3ccc(NC(=O)OCC(Cl)(Cl)Cl)cc3)c(Nc3ncnc4nc(C(C)C)ccc34)c2)cc1F. The van der Waals surface area contributed by atoms with Gasteiger partial charge >= 0.3 is 6.09 Å². The standard InChI is InChI=1S/C33H28Cl3FN6O3S/c1-18(2)26-12-11-24-29(42-26)38-17-39-30(24)43-27-14-20(31(44)40-22-6-4-19(3)25(37)15-22)5-13-28(27)47-23-9-7-21(8-10-23)41-32(45)46-16-33(34,35)36/h4-15,17-18H,16H2,1-3H3,(H,40,44)(H,41,45)(H,38,39,42,43). The van der Waals surface area contributed by atoms with Crippen LogP contribution in [0.4, 0.5) is 32.1 Å². The second-order valence-corrected chi connectivity index (χ2v) is 14.3. The van der Waals surface area contributed by atoms with Gasteiger partial charge in [-0.25, -0.2) is 24.1 Å². The zero-order chi connectivity index (χ0) is 33.7. The average molecular weight is 714 g/mol. The van der Waals surface area contributed by atoms with Gasteiger partial charge in [0.05, 0.1) is 11.1 Å². The van der Waals surface area contributed by atoms with Crippen LogP contribution in [-0.4, -0.2) is 37.4 Å². The molecule has 0 fully saturated rings. The number of halogens is 4. The first-order valence-electron chi connectivity index (χ1n) is 14.2. The second kappa shape index (κ2) is 14.7. The maximum absolute atomic E-state index is 14.1. The molecule has 0 bridgehead atoms. The van der Waals surface area contributed by atoms with Crippen molar-refractivity contribution in [1.82, 2.24) is 15.0 Å². The van der Waals surface area contributed by atoms with E-state index in [1.807, 2.05) is 24.3 Å². The van der Waals surface area contributed by atoms with E-state index in [9.17, 15) is 14.0 Å². The third kappa shape index (κ3) is 9.23. The number of carbonyl (C=O) groups is 2. The largest absolute Gasteiger partial charge is 0.445 e. The van der Waals surface area contributed by atoms with Crippen molar-refractivity contribution in [3.8, 4) is 0 Å². The first-order valence-corrected chi connectivity index (χ1v) is 16.2. The average Bonchev–Trinajstić information content (AvgIpc) is 3.03. The molecule has 0 saturated carbocycles. The number of aromatic nitrogens is 3. The highest BCUT2D eigenvalue weighted by Crippen LogP contribution is 2.37. The summed E-state index contributed by atoms with van der Waals surface area (Å²) in [6, 6.07) is 20.6. The number of rotatable bonds is 9. The number of pyridine rings is 1. The van der Waals surface area contributed by atoms with E-state index in [1.54, 1.807) is 49.4 Å². The van der Waals surface area contributed by atoms with Gasteiger partial charge in [0, 0.05) is 32.4 Å². The molecule has 0 saturated heterocycles. The summed E-state index contributed by atoms with van der Waals surface area (Å²) < 4.78 is 17.3. The summed E-state index contributed by atoms with van der Waals surface area (Å²) in [7, 11) is 0. The van der Waals surface area contributed by atoms with Crippen LogP contribution in [0.1, 0.15) is 41.4 Å². The van der Waals surface area contributed by atoms with Crippen molar-refractivity contribution in [3.05, 3.63) is 102 Å². The highest BCUT2D eigenvalue weighted by Gasteiger charge is 2.22. The third-order valence-corrected chi connectivity index (χ3v) is 8.14. The van der Waals surface area contributed by atoms with Crippen LogP contribution in [0.3, 0.4) is 0 Å². The van der Waals surface area contributed by atoms with E-state index in [0.29, 0.717) is 45.0 Å². The number of nitrogens with zero attached hydrogens (tertiary/aromatic N) is 3. The van der Waals surface area contributed by atoms with E-state index in [1.165, 1.54) is 24.2 Å². The molecule has 0 atom stereocenters. The Hall–Kier alpha value is -4.16. The number of carbonyl (C=O) groups excluding carboxylic acids is 2. The van der Waals surface area contributed by atoms with Gasteiger partial charge < -0.3 is 15.4 Å². The smallest absolute Gasteiger partial charge is 0.411 e.